The summed E-state index contributed by atoms with van der Waals surface area (Å²) < 4.78 is 0. The van der Waals surface area contributed by atoms with Gasteiger partial charge in [-0.05, 0) is 30.9 Å². The van der Waals surface area contributed by atoms with Crippen LogP contribution in [0, 0.1) is 5.92 Å². The summed E-state index contributed by atoms with van der Waals surface area (Å²) in [5.74, 6) is -1.36. The van der Waals surface area contributed by atoms with E-state index in [1.54, 1.807) is 24.3 Å². The van der Waals surface area contributed by atoms with Gasteiger partial charge in [-0.25, -0.2) is 0 Å². The number of likely N-dealkylation sites (N-methyl/N-ethyl adjacent to an activating group) is 1. The summed E-state index contributed by atoms with van der Waals surface area (Å²) in [7, 11) is 1.54. The van der Waals surface area contributed by atoms with E-state index in [1.807, 2.05) is 19.9 Å². The fourth-order valence-electron chi connectivity index (χ4n) is 3.39. The van der Waals surface area contributed by atoms with Gasteiger partial charge in [-0.2, -0.15) is 0 Å². The molecular formula is C21H30N4O4. The summed E-state index contributed by atoms with van der Waals surface area (Å²) >= 11 is 0. The van der Waals surface area contributed by atoms with Crippen LogP contribution in [0.4, 0.5) is 0 Å². The number of rotatable bonds is 8. The molecule has 3 atom stereocenters. The van der Waals surface area contributed by atoms with Gasteiger partial charge < -0.3 is 20.9 Å². The molecule has 1 saturated heterocycles. The third-order valence-electron chi connectivity index (χ3n) is 5.35. The highest BCUT2D eigenvalue weighted by Crippen LogP contribution is 2.17. The lowest BCUT2D eigenvalue weighted by Gasteiger charge is -2.26. The Bertz CT molecular complexity index is 737. The minimum absolute atomic E-state index is 0.108. The number of carbonyl (C=O) groups excluding carboxylic acids is 4. The van der Waals surface area contributed by atoms with Crippen LogP contribution in [0.15, 0.2) is 30.3 Å². The van der Waals surface area contributed by atoms with E-state index < -0.39 is 18.0 Å². The Balaban J connectivity index is 1.98. The number of hydrogen-bond acceptors (Lipinski definition) is 4. The average Bonchev–Trinajstić information content (AvgIpc) is 3.25. The number of carbonyl (C=O) groups is 4. The molecule has 4 amide bonds. The summed E-state index contributed by atoms with van der Waals surface area (Å²) in [6.45, 7) is 4.09. The predicted octanol–water partition coefficient (Wildman–Crippen LogP) is 0.684. The third-order valence-corrected chi connectivity index (χ3v) is 5.35. The number of likely N-dealkylation sites (tertiary alicyclic amines) is 1. The van der Waals surface area contributed by atoms with Crippen molar-refractivity contribution in [2.45, 2.75) is 45.2 Å². The molecule has 3 unspecified atom stereocenters. The molecule has 0 radical (unpaired) electrons. The molecule has 2 rings (SSSR count). The first-order valence-corrected chi connectivity index (χ1v) is 10.0. The van der Waals surface area contributed by atoms with E-state index in [9.17, 15) is 19.2 Å². The Kier molecular flexibility index (Phi) is 8.18. The standard InChI is InChI=1S/C21H30N4O4/c1-4-14(2)18(24-19(27)15-9-6-5-7-10-15)21(29)23-13-17(26)25-12-8-11-16(25)20(28)22-3/h5-7,9-10,14,16,18H,4,8,11-13H2,1-3H3,(H,22,28)(H,23,29)(H,24,27). The van der Waals surface area contributed by atoms with E-state index >= 15 is 0 Å². The van der Waals surface area contributed by atoms with Crippen LogP contribution in [0.2, 0.25) is 0 Å². The lowest BCUT2D eigenvalue weighted by atomic mass is 9.98. The Morgan fingerprint density at radius 1 is 1.17 bits per heavy atom. The van der Waals surface area contributed by atoms with Gasteiger partial charge in [0.05, 0.1) is 6.54 Å². The molecule has 29 heavy (non-hydrogen) atoms. The van der Waals surface area contributed by atoms with Crippen LogP contribution in [0.5, 0.6) is 0 Å². The summed E-state index contributed by atoms with van der Waals surface area (Å²) in [6.07, 6.45) is 2.05. The lowest BCUT2D eigenvalue weighted by Crippen LogP contribution is -2.53. The molecular weight excluding hydrogens is 372 g/mol. The van der Waals surface area contributed by atoms with Crippen molar-refractivity contribution in [3.63, 3.8) is 0 Å². The maximum atomic E-state index is 12.7. The SMILES string of the molecule is CCC(C)C(NC(=O)c1ccccc1)C(=O)NCC(=O)N1CCCC1C(=O)NC. The Hall–Kier alpha value is -2.90. The summed E-state index contributed by atoms with van der Waals surface area (Å²) in [6, 6.07) is 7.43. The van der Waals surface area contributed by atoms with E-state index in [-0.39, 0.29) is 30.2 Å². The van der Waals surface area contributed by atoms with Gasteiger partial charge in [-0.3, -0.25) is 19.2 Å². The molecule has 0 aliphatic carbocycles. The Labute approximate surface area is 171 Å². The Morgan fingerprint density at radius 3 is 2.48 bits per heavy atom. The van der Waals surface area contributed by atoms with Crippen molar-refractivity contribution in [1.82, 2.24) is 20.9 Å². The van der Waals surface area contributed by atoms with Gasteiger partial charge in [-0.15, -0.1) is 0 Å². The molecule has 1 aliphatic heterocycles. The molecule has 158 valence electrons. The van der Waals surface area contributed by atoms with E-state index in [0.29, 0.717) is 24.9 Å². The number of nitrogens with zero attached hydrogens (tertiary/aromatic N) is 1. The molecule has 1 heterocycles. The van der Waals surface area contributed by atoms with Gasteiger partial charge in [0.25, 0.3) is 5.91 Å². The smallest absolute Gasteiger partial charge is 0.251 e. The molecule has 1 aliphatic rings. The topological polar surface area (TPSA) is 108 Å². The molecule has 0 saturated carbocycles. The largest absolute Gasteiger partial charge is 0.357 e. The minimum Gasteiger partial charge on any atom is -0.357 e. The number of amides is 4. The number of benzene rings is 1. The van der Waals surface area contributed by atoms with E-state index in [2.05, 4.69) is 16.0 Å². The van der Waals surface area contributed by atoms with Gasteiger partial charge in [-0.1, -0.05) is 38.5 Å². The maximum Gasteiger partial charge on any atom is 0.251 e. The monoisotopic (exact) mass is 402 g/mol. The van der Waals surface area contributed by atoms with Crippen molar-refractivity contribution in [2.75, 3.05) is 20.1 Å². The fourth-order valence-corrected chi connectivity index (χ4v) is 3.39. The van der Waals surface area contributed by atoms with Crippen molar-refractivity contribution in [3.8, 4) is 0 Å². The van der Waals surface area contributed by atoms with Gasteiger partial charge in [0.15, 0.2) is 0 Å². The van der Waals surface area contributed by atoms with E-state index in [0.717, 1.165) is 6.42 Å². The van der Waals surface area contributed by atoms with Crippen LogP contribution in [0.25, 0.3) is 0 Å². The van der Waals surface area contributed by atoms with Crippen molar-refractivity contribution >= 4 is 23.6 Å². The van der Waals surface area contributed by atoms with Crippen LogP contribution >= 0.6 is 0 Å². The van der Waals surface area contributed by atoms with Gasteiger partial charge in [0.1, 0.15) is 12.1 Å². The van der Waals surface area contributed by atoms with Gasteiger partial charge in [0.2, 0.25) is 17.7 Å². The zero-order valence-electron chi connectivity index (χ0n) is 17.2. The van der Waals surface area contributed by atoms with Crippen LogP contribution in [0.3, 0.4) is 0 Å². The van der Waals surface area contributed by atoms with Crippen molar-refractivity contribution in [2.24, 2.45) is 5.92 Å². The summed E-state index contributed by atoms with van der Waals surface area (Å²) in [5.41, 5.74) is 0.468. The molecule has 1 fully saturated rings. The first-order chi connectivity index (χ1) is 13.9. The highest BCUT2D eigenvalue weighted by molar-refractivity contribution is 5.98. The normalized spacial score (nSPS) is 17.9. The molecule has 0 spiro atoms. The van der Waals surface area contributed by atoms with Crippen LogP contribution in [0.1, 0.15) is 43.5 Å². The molecule has 3 N–H and O–H groups in total. The zero-order chi connectivity index (χ0) is 21.4. The molecule has 0 aromatic heterocycles. The molecule has 1 aromatic carbocycles. The Morgan fingerprint density at radius 2 is 1.86 bits per heavy atom. The zero-order valence-corrected chi connectivity index (χ0v) is 17.2. The number of hydrogen-bond donors (Lipinski definition) is 3. The fraction of sp³-hybridized carbons (Fsp3) is 0.524. The molecule has 8 heteroatoms. The second-order valence-electron chi connectivity index (χ2n) is 7.28. The first kappa shape index (κ1) is 22.4. The highest BCUT2D eigenvalue weighted by atomic mass is 16.2. The van der Waals surface area contributed by atoms with E-state index in [4.69, 9.17) is 0 Å². The van der Waals surface area contributed by atoms with Crippen molar-refractivity contribution in [3.05, 3.63) is 35.9 Å². The second-order valence-corrected chi connectivity index (χ2v) is 7.28. The summed E-state index contributed by atoms with van der Waals surface area (Å²) in [5, 5.41) is 7.97. The van der Waals surface area contributed by atoms with Crippen molar-refractivity contribution in [1.29, 1.82) is 0 Å². The molecule has 0 bridgehead atoms. The molecule has 8 nitrogen and oxygen atoms in total. The average molecular weight is 402 g/mol. The van der Waals surface area contributed by atoms with Gasteiger partial charge >= 0.3 is 0 Å². The quantitative estimate of drug-likeness (QED) is 0.594. The maximum absolute atomic E-state index is 12.7. The first-order valence-electron chi connectivity index (χ1n) is 10.0. The van der Waals surface area contributed by atoms with Crippen LogP contribution < -0.4 is 16.0 Å². The highest BCUT2D eigenvalue weighted by Gasteiger charge is 2.34. The minimum atomic E-state index is -0.756. The predicted molar refractivity (Wildman–Crippen MR) is 109 cm³/mol. The molecule has 1 aromatic rings. The number of nitrogens with one attached hydrogen (secondary N) is 3. The lowest BCUT2D eigenvalue weighted by molar-refractivity contribution is -0.138. The van der Waals surface area contributed by atoms with Gasteiger partial charge in [0, 0.05) is 19.2 Å². The third kappa shape index (κ3) is 5.79. The summed E-state index contributed by atoms with van der Waals surface area (Å²) in [4.78, 5) is 51.1. The van der Waals surface area contributed by atoms with Crippen LogP contribution in [-0.2, 0) is 14.4 Å². The van der Waals surface area contributed by atoms with Crippen LogP contribution in [-0.4, -0.2) is 60.7 Å². The van der Waals surface area contributed by atoms with Crippen molar-refractivity contribution < 1.29 is 19.2 Å². The second kappa shape index (κ2) is 10.6. The van der Waals surface area contributed by atoms with E-state index in [1.165, 1.54) is 11.9 Å².